The van der Waals surface area contributed by atoms with Crippen molar-refractivity contribution in [1.82, 2.24) is 5.32 Å². The van der Waals surface area contributed by atoms with E-state index in [1.165, 1.54) is 32.1 Å². The van der Waals surface area contributed by atoms with E-state index >= 15 is 0 Å². The molecule has 0 radical (unpaired) electrons. The van der Waals surface area contributed by atoms with Gasteiger partial charge in [-0.2, -0.15) is 0 Å². The third-order valence-corrected chi connectivity index (χ3v) is 4.86. The number of hydrogen-bond donors (Lipinski definition) is 1. The molecule has 0 spiro atoms. The van der Waals surface area contributed by atoms with Gasteiger partial charge in [0.25, 0.3) is 0 Å². The van der Waals surface area contributed by atoms with Gasteiger partial charge in [0.15, 0.2) is 0 Å². The molecule has 4 rings (SSSR count). The Kier molecular flexibility index (Phi) is 3.97. The number of hydrogen-bond acceptors (Lipinski definition) is 1. The number of halogens is 1. The van der Waals surface area contributed by atoms with E-state index in [1.54, 1.807) is 6.42 Å². The van der Waals surface area contributed by atoms with Crippen LogP contribution >= 0.6 is 12.4 Å². The first-order chi connectivity index (χ1) is 7.36. The van der Waals surface area contributed by atoms with Crippen LogP contribution in [0.5, 0.6) is 0 Å². The first kappa shape index (κ1) is 12.4. The summed E-state index contributed by atoms with van der Waals surface area (Å²) in [5.74, 6) is 4.21. The molecule has 0 aromatic heterocycles. The van der Waals surface area contributed by atoms with Crippen LogP contribution < -0.4 is 5.32 Å². The predicted molar refractivity (Wildman–Crippen MR) is 70.9 cm³/mol. The van der Waals surface area contributed by atoms with Gasteiger partial charge in [-0.05, 0) is 75.8 Å². The zero-order chi connectivity index (χ0) is 10.3. The fraction of sp³-hybridized carbons (Fsp3) is 0.857. The molecular formula is C14H24ClN. The van der Waals surface area contributed by atoms with E-state index in [0.717, 1.165) is 30.2 Å². The summed E-state index contributed by atoms with van der Waals surface area (Å²) in [6, 6.07) is 0. The molecule has 0 unspecified atom stereocenters. The summed E-state index contributed by atoms with van der Waals surface area (Å²) < 4.78 is 0. The zero-order valence-corrected chi connectivity index (χ0v) is 11.1. The van der Waals surface area contributed by atoms with Crippen LogP contribution in [0.3, 0.4) is 0 Å². The smallest absolute Gasteiger partial charge is 0.00172 e. The lowest BCUT2D eigenvalue weighted by molar-refractivity contribution is 0.0693. The van der Waals surface area contributed by atoms with Gasteiger partial charge >= 0.3 is 0 Å². The minimum atomic E-state index is 0. The van der Waals surface area contributed by atoms with Crippen molar-refractivity contribution in [2.45, 2.75) is 38.5 Å². The van der Waals surface area contributed by atoms with Crippen molar-refractivity contribution in [3.63, 3.8) is 0 Å². The van der Waals surface area contributed by atoms with Crippen LogP contribution in [0.2, 0.25) is 0 Å². The van der Waals surface area contributed by atoms with Crippen LogP contribution in [-0.4, -0.2) is 13.6 Å². The van der Waals surface area contributed by atoms with Crippen LogP contribution in [0.1, 0.15) is 38.5 Å². The maximum Gasteiger partial charge on any atom is -0.00172 e. The van der Waals surface area contributed by atoms with Gasteiger partial charge in [-0.15, -0.1) is 12.4 Å². The summed E-state index contributed by atoms with van der Waals surface area (Å²) in [5, 5.41) is 3.25. The largest absolute Gasteiger partial charge is 0.319 e. The molecule has 0 aromatic carbocycles. The molecule has 0 aromatic rings. The minimum absolute atomic E-state index is 0. The third-order valence-electron chi connectivity index (χ3n) is 4.86. The zero-order valence-electron chi connectivity index (χ0n) is 10.2. The van der Waals surface area contributed by atoms with Crippen molar-refractivity contribution in [2.75, 3.05) is 13.6 Å². The first-order valence-corrected chi connectivity index (χ1v) is 6.71. The Bertz CT molecular complexity index is 242. The Labute approximate surface area is 105 Å². The molecule has 0 amide bonds. The van der Waals surface area contributed by atoms with Gasteiger partial charge in [0.2, 0.25) is 0 Å². The highest BCUT2D eigenvalue weighted by Crippen LogP contribution is 2.56. The van der Waals surface area contributed by atoms with Crippen LogP contribution in [-0.2, 0) is 0 Å². The third kappa shape index (κ3) is 2.17. The average Bonchev–Trinajstić information content (AvgIpc) is 2.21. The maximum atomic E-state index is 3.25. The average molecular weight is 242 g/mol. The van der Waals surface area contributed by atoms with Gasteiger partial charge in [0, 0.05) is 0 Å². The highest BCUT2D eigenvalue weighted by atomic mass is 35.5. The van der Waals surface area contributed by atoms with Crippen LogP contribution in [0.4, 0.5) is 0 Å². The first-order valence-electron chi connectivity index (χ1n) is 6.71. The van der Waals surface area contributed by atoms with Crippen LogP contribution in [0.15, 0.2) is 11.6 Å². The van der Waals surface area contributed by atoms with Gasteiger partial charge in [-0.1, -0.05) is 11.6 Å². The highest BCUT2D eigenvalue weighted by molar-refractivity contribution is 5.85. The van der Waals surface area contributed by atoms with Gasteiger partial charge in [0.05, 0.1) is 0 Å². The molecule has 1 nitrogen and oxygen atoms in total. The summed E-state index contributed by atoms with van der Waals surface area (Å²) in [6.07, 6.45) is 11.5. The molecule has 0 saturated heterocycles. The second kappa shape index (κ2) is 5.10. The maximum absolute atomic E-state index is 3.25. The van der Waals surface area contributed by atoms with E-state index in [4.69, 9.17) is 0 Å². The second-order valence-corrected chi connectivity index (χ2v) is 5.90. The molecule has 2 heteroatoms. The fourth-order valence-corrected chi connectivity index (χ4v) is 4.44. The molecule has 0 heterocycles. The minimum Gasteiger partial charge on any atom is -0.319 e. The van der Waals surface area contributed by atoms with Crippen LogP contribution in [0.25, 0.3) is 0 Å². The van der Waals surface area contributed by atoms with Gasteiger partial charge < -0.3 is 5.32 Å². The summed E-state index contributed by atoms with van der Waals surface area (Å²) >= 11 is 0. The molecule has 4 aliphatic carbocycles. The van der Waals surface area contributed by atoms with Crippen molar-refractivity contribution >= 4 is 12.4 Å². The Hall–Kier alpha value is -0.0100. The normalized spacial score (nSPS) is 39.7. The standard InChI is InChI=1S/C14H23N.ClH/c1-15-4-2-3-14-12-6-10-5-11(8-12)9-13(14)7-10;/h3,10-13,15H,2,4-9H2,1H3;1H. The van der Waals surface area contributed by atoms with E-state index in [-0.39, 0.29) is 12.4 Å². The van der Waals surface area contributed by atoms with Crippen LogP contribution in [0, 0.1) is 23.7 Å². The van der Waals surface area contributed by atoms with E-state index in [2.05, 4.69) is 18.4 Å². The van der Waals surface area contributed by atoms with Crippen molar-refractivity contribution in [3.8, 4) is 0 Å². The predicted octanol–water partition coefficient (Wildman–Crippen LogP) is 3.40. The molecule has 0 atom stereocenters. The molecule has 0 aliphatic heterocycles. The van der Waals surface area contributed by atoms with Crippen molar-refractivity contribution < 1.29 is 0 Å². The SMILES string of the molecule is CNCCC=C1C2CC3CC(C2)CC1C3.Cl. The molecule has 4 aliphatic rings. The summed E-state index contributed by atoms with van der Waals surface area (Å²) in [7, 11) is 2.05. The quantitative estimate of drug-likeness (QED) is 0.590. The molecule has 4 fully saturated rings. The lowest BCUT2D eigenvalue weighted by Crippen LogP contribution is -2.40. The summed E-state index contributed by atoms with van der Waals surface area (Å²) in [5.41, 5.74) is 1.86. The Morgan fingerprint density at radius 1 is 1.06 bits per heavy atom. The van der Waals surface area contributed by atoms with E-state index < -0.39 is 0 Å². The van der Waals surface area contributed by atoms with Gasteiger partial charge in [-0.3, -0.25) is 0 Å². The van der Waals surface area contributed by atoms with E-state index in [1.807, 2.05) is 5.57 Å². The fourth-order valence-electron chi connectivity index (χ4n) is 4.44. The van der Waals surface area contributed by atoms with Crippen molar-refractivity contribution in [1.29, 1.82) is 0 Å². The molecule has 4 saturated carbocycles. The molecule has 1 N–H and O–H groups in total. The monoisotopic (exact) mass is 241 g/mol. The molecule has 16 heavy (non-hydrogen) atoms. The highest BCUT2D eigenvalue weighted by Gasteiger charge is 2.44. The lowest BCUT2D eigenvalue weighted by atomic mass is 9.54. The van der Waals surface area contributed by atoms with E-state index in [0.29, 0.717) is 0 Å². The summed E-state index contributed by atoms with van der Waals surface area (Å²) in [4.78, 5) is 0. The second-order valence-electron chi connectivity index (χ2n) is 5.90. The lowest BCUT2D eigenvalue weighted by Gasteiger charge is -2.51. The molecular weight excluding hydrogens is 218 g/mol. The Balaban J connectivity index is 0.000000963. The van der Waals surface area contributed by atoms with Crippen molar-refractivity contribution in [2.24, 2.45) is 23.7 Å². The number of nitrogens with one attached hydrogen (secondary N) is 1. The Morgan fingerprint density at radius 2 is 1.62 bits per heavy atom. The molecule has 92 valence electrons. The summed E-state index contributed by atoms with van der Waals surface area (Å²) in [6.45, 7) is 1.15. The molecule has 4 bridgehead atoms. The van der Waals surface area contributed by atoms with Crippen molar-refractivity contribution in [3.05, 3.63) is 11.6 Å². The number of rotatable bonds is 3. The Morgan fingerprint density at radius 3 is 2.12 bits per heavy atom. The topological polar surface area (TPSA) is 12.0 Å². The van der Waals surface area contributed by atoms with Gasteiger partial charge in [0.1, 0.15) is 0 Å². The van der Waals surface area contributed by atoms with Gasteiger partial charge in [-0.25, -0.2) is 0 Å². The van der Waals surface area contributed by atoms with E-state index in [9.17, 15) is 0 Å². The number of allylic oxidation sites excluding steroid dienone is 1.